The summed E-state index contributed by atoms with van der Waals surface area (Å²) in [6.07, 6.45) is 0. The van der Waals surface area contributed by atoms with E-state index in [1.54, 1.807) is 6.07 Å². The number of hydrogen-bond donors (Lipinski definition) is 1. The van der Waals surface area contributed by atoms with Crippen molar-refractivity contribution in [1.29, 1.82) is 0 Å². The van der Waals surface area contributed by atoms with Crippen LogP contribution in [0, 0.1) is 5.82 Å². The molecule has 2 N–H and O–H groups in total. The van der Waals surface area contributed by atoms with Crippen LogP contribution in [0.5, 0.6) is 0 Å². The fraction of sp³-hybridized carbons (Fsp3) is 0. The van der Waals surface area contributed by atoms with E-state index in [0.29, 0.717) is 11.2 Å². The van der Waals surface area contributed by atoms with Crippen LogP contribution < -0.4 is 5.73 Å². The number of fused-ring (bicyclic) bond motifs is 1. The van der Waals surface area contributed by atoms with Gasteiger partial charge in [-0.3, -0.25) is 0 Å². The molecule has 3 aromatic rings. The third kappa shape index (κ3) is 1.89. The molecule has 18 heavy (non-hydrogen) atoms. The highest BCUT2D eigenvalue weighted by Gasteiger charge is 2.10. The van der Waals surface area contributed by atoms with E-state index in [0.717, 1.165) is 19.7 Å². The molecule has 0 radical (unpaired) electrons. The molecule has 0 unspecified atom stereocenters. The lowest BCUT2D eigenvalue weighted by Gasteiger charge is -2.00. The number of para-hydroxylation sites is 1. The number of rotatable bonds is 1. The van der Waals surface area contributed by atoms with Crippen molar-refractivity contribution in [2.24, 2.45) is 0 Å². The molecule has 0 aliphatic carbocycles. The zero-order chi connectivity index (χ0) is 12.7. The van der Waals surface area contributed by atoms with E-state index in [9.17, 15) is 4.39 Å². The van der Waals surface area contributed by atoms with E-state index in [1.807, 2.05) is 24.3 Å². The molecule has 1 aromatic heterocycles. The zero-order valence-electron chi connectivity index (χ0n) is 9.15. The summed E-state index contributed by atoms with van der Waals surface area (Å²) in [5.74, 6) is -0.287. The van der Waals surface area contributed by atoms with Crippen LogP contribution in [0.4, 0.5) is 10.1 Å². The predicted octanol–water partition coefficient (Wildman–Crippen LogP) is 4.45. The average Bonchev–Trinajstić information content (AvgIpc) is 2.78. The first-order chi connectivity index (χ1) is 8.65. The van der Waals surface area contributed by atoms with Crippen LogP contribution in [0.1, 0.15) is 0 Å². The molecule has 0 bridgehead atoms. The Balaban J connectivity index is 2.19. The Labute approximate surface area is 115 Å². The lowest BCUT2D eigenvalue weighted by atomic mass is 10.2. The van der Waals surface area contributed by atoms with E-state index in [2.05, 4.69) is 20.9 Å². The normalized spacial score (nSPS) is 11.0. The molecule has 0 atom stereocenters. The molecule has 0 aliphatic heterocycles. The van der Waals surface area contributed by atoms with Gasteiger partial charge in [-0.1, -0.05) is 6.07 Å². The molecule has 0 aliphatic rings. The molecule has 0 amide bonds. The number of anilines is 1. The maximum absolute atomic E-state index is 13.6. The van der Waals surface area contributed by atoms with Crippen LogP contribution in [0.3, 0.4) is 0 Å². The second-order valence-electron chi connectivity index (χ2n) is 3.84. The van der Waals surface area contributed by atoms with Crippen LogP contribution >= 0.6 is 27.3 Å². The predicted molar refractivity (Wildman–Crippen MR) is 77.1 cm³/mol. The van der Waals surface area contributed by atoms with Gasteiger partial charge >= 0.3 is 0 Å². The number of nitrogens with two attached hydrogens (primary N) is 1. The summed E-state index contributed by atoms with van der Waals surface area (Å²) in [7, 11) is 0. The van der Waals surface area contributed by atoms with Crippen LogP contribution in [0.25, 0.3) is 20.8 Å². The Hall–Kier alpha value is -1.46. The van der Waals surface area contributed by atoms with E-state index in [-0.39, 0.29) is 5.82 Å². The van der Waals surface area contributed by atoms with Gasteiger partial charge in [0.25, 0.3) is 0 Å². The van der Waals surface area contributed by atoms with Crippen molar-refractivity contribution in [3.05, 3.63) is 46.7 Å². The first-order valence-electron chi connectivity index (χ1n) is 5.25. The minimum atomic E-state index is -0.287. The number of benzene rings is 2. The average molecular weight is 323 g/mol. The maximum atomic E-state index is 13.6. The molecular formula is C13H8BrFN2S. The largest absolute Gasteiger partial charge is 0.398 e. The molecule has 2 aromatic carbocycles. The summed E-state index contributed by atoms with van der Waals surface area (Å²) < 4.78 is 15.2. The summed E-state index contributed by atoms with van der Waals surface area (Å²) in [5, 5.41) is 0.788. The fourth-order valence-electron chi connectivity index (χ4n) is 1.70. The molecule has 2 nitrogen and oxygen atoms in total. The summed E-state index contributed by atoms with van der Waals surface area (Å²) in [6.45, 7) is 0. The maximum Gasteiger partial charge on any atom is 0.150 e. The highest BCUT2D eigenvalue weighted by atomic mass is 79.9. The molecule has 3 rings (SSSR count). The molecule has 0 saturated carbocycles. The highest BCUT2D eigenvalue weighted by Crippen LogP contribution is 2.33. The SMILES string of the molecule is Nc1ccc(-c2nc3c(F)cccc3s2)cc1Br. The Kier molecular flexibility index (Phi) is 2.80. The molecule has 0 saturated heterocycles. The molecule has 0 fully saturated rings. The first kappa shape index (κ1) is 11.6. The van der Waals surface area contributed by atoms with Crippen LogP contribution in [0.15, 0.2) is 40.9 Å². The Bertz CT molecular complexity index is 739. The third-order valence-electron chi connectivity index (χ3n) is 2.62. The number of hydrogen-bond acceptors (Lipinski definition) is 3. The quantitative estimate of drug-likeness (QED) is 0.672. The number of nitrogen functional groups attached to an aromatic ring is 1. The minimum absolute atomic E-state index is 0.287. The monoisotopic (exact) mass is 322 g/mol. The van der Waals surface area contributed by atoms with E-state index in [1.165, 1.54) is 17.4 Å². The molecule has 90 valence electrons. The Morgan fingerprint density at radius 1 is 1.22 bits per heavy atom. The summed E-state index contributed by atoms with van der Waals surface area (Å²) in [4.78, 5) is 4.34. The van der Waals surface area contributed by atoms with Gasteiger partial charge < -0.3 is 5.73 Å². The van der Waals surface area contributed by atoms with Crippen molar-refractivity contribution in [2.75, 3.05) is 5.73 Å². The number of halogens is 2. The van der Waals surface area contributed by atoms with Crippen LogP contribution in [0.2, 0.25) is 0 Å². The summed E-state index contributed by atoms with van der Waals surface area (Å²) >= 11 is 4.85. The second kappa shape index (κ2) is 4.33. The van der Waals surface area contributed by atoms with E-state index in [4.69, 9.17) is 5.73 Å². The number of nitrogens with zero attached hydrogens (tertiary/aromatic N) is 1. The zero-order valence-corrected chi connectivity index (χ0v) is 11.6. The first-order valence-corrected chi connectivity index (χ1v) is 6.86. The molecule has 1 heterocycles. The number of thiazole rings is 1. The minimum Gasteiger partial charge on any atom is -0.398 e. The van der Waals surface area contributed by atoms with Crippen molar-refractivity contribution in [1.82, 2.24) is 4.98 Å². The summed E-state index contributed by atoms with van der Waals surface area (Å²) in [5.41, 5.74) is 7.76. The smallest absolute Gasteiger partial charge is 0.150 e. The van der Waals surface area contributed by atoms with Crippen molar-refractivity contribution >= 4 is 43.2 Å². The van der Waals surface area contributed by atoms with Crippen LogP contribution in [-0.4, -0.2) is 4.98 Å². The standard InChI is InChI=1S/C13H8BrFN2S/c14-8-6-7(4-5-10(8)16)13-17-12-9(15)2-1-3-11(12)18-13/h1-6H,16H2. The van der Waals surface area contributed by atoms with Crippen molar-refractivity contribution in [2.45, 2.75) is 0 Å². The van der Waals surface area contributed by atoms with Gasteiger partial charge in [0.1, 0.15) is 16.3 Å². The van der Waals surface area contributed by atoms with Gasteiger partial charge in [0.2, 0.25) is 0 Å². The van der Waals surface area contributed by atoms with E-state index < -0.39 is 0 Å². The third-order valence-corrected chi connectivity index (χ3v) is 4.37. The van der Waals surface area contributed by atoms with Gasteiger partial charge in [0.05, 0.1) is 4.70 Å². The highest BCUT2D eigenvalue weighted by molar-refractivity contribution is 9.10. The van der Waals surface area contributed by atoms with Gasteiger partial charge in [0.15, 0.2) is 0 Å². The van der Waals surface area contributed by atoms with Crippen molar-refractivity contribution < 1.29 is 4.39 Å². The van der Waals surface area contributed by atoms with Gasteiger partial charge in [-0.25, -0.2) is 9.37 Å². The molecule has 0 spiro atoms. The molecule has 5 heteroatoms. The lowest BCUT2D eigenvalue weighted by Crippen LogP contribution is -1.86. The lowest BCUT2D eigenvalue weighted by molar-refractivity contribution is 0.637. The van der Waals surface area contributed by atoms with Gasteiger partial charge in [-0.2, -0.15) is 0 Å². The van der Waals surface area contributed by atoms with Crippen LogP contribution in [-0.2, 0) is 0 Å². The topological polar surface area (TPSA) is 38.9 Å². The van der Waals surface area contributed by atoms with Crippen molar-refractivity contribution in [3.8, 4) is 10.6 Å². The molecular weight excluding hydrogens is 315 g/mol. The number of aromatic nitrogens is 1. The summed E-state index contributed by atoms with van der Waals surface area (Å²) in [6, 6.07) is 10.6. The fourth-order valence-corrected chi connectivity index (χ4v) is 3.05. The van der Waals surface area contributed by atoms with E-state index >= 15 is 0 Å². The Morgan fingerprint density at radius 2 is 2.06 bits per heavy atom. The van der Waals surface area contributed by atoms with Gasteiger partial charge in [0, 0.05) is 15.7 Å². The van der Waals surface area contributed by atoms with Gasteiger partial charge in [-0.05, 0) is 46.3 Å². The second-order valence-corrected chi connectivity index (χ2v) is 5.73. The van der Waals surface area contributed by atoms with Gasteiger partial charge in [-0.15, -0.1) is 11.3 Å². The Morgan fingerprint density at radius 3 is 2.78 bits per heavy atom. The van der Waals surface area contributed by atoms with Crippen molar-refractivity contribution in [3.63, 3.8) is 0 Å².